The fraction of sp³-hybridized carbons (Fsp3) is 0.600. The van der Waals surface area contributed by atoms with Crippen molar-refractivity contribution in [2.24, 2.45) is 0 Å². The van der Waals surface area contributed by atoms with E-state index in [2.05, 4.69) is 9.97 Å². The van der Waals surface area contributed by atoms with Crippen LogP contribution in [0.4, 0.5) is 0 Å². The molecular weight excluding hydrogens is 280 g/mol. The fourth-order valence-corrected chi connectivity index (χ4v) is 3.46. The van der Waals surface area contributed by atoms with Gasteiger partial charge in [-0.05, 0) is 13.0 Å². The van der Waals surface area contributed by atoms with Crippen molar-refractivity contribution in [2.75, 3.05) is 11.5 Å². The molecule has 0 N–H and O–H groups in total. The Morgan fingerprint density at radius 3 is 2.59 bits per heavy atom. The number of aryl methyl sites for hydroxylation is 1. The lowest BCUT2D eigenvalue weighted by molar-refractivity contribution is 0.611. The minimum Gasteiger partial charge on any atom is -0.238 e. The van der Waals surface area contributed by atoms with E-state index in [1.165, 1.54) is 11.8 Å². The van der Waals surface area contributed by atoms with E-state index in [4.69, 9.17) is 10.7 Å². The van der Waals surface area contributed by atoms with Crippen LogP contribution in [0.1, 0.15) is 31.3 Å². The lowest BCUT2D eigenvalue weighted by Gasteiger charge is -2.07. The van der Waals surface area contributed by atoms with E-state index < -0.39 is 9.05 Å². The van der Waals surface area contributed by atoms with E-state index in [1.54, 1.807) is 0 Å². The second-order valence-corrected chi connectivity index (χ2v) is 7.96. The monoisotopic (exact) mass is 294 g/mol. The Balaban J connectivity index is 2.71. The summed E-state index contributed by atoms with van der Waals surface area (Å²) in [4.78, 5) is 8.69. The summed E-state index contributed by atoms with van der Waals surface area (Å²) in [6, 6.07) is 1.84. The van der Waals surface area contributed by atoms with Crippen molar-refractivity contribution >= 4 is 31.5 Å². The van der Waals surface area contributed by atoms with Crippen molar-refractivity contribution in [3.05, 3.63) is 17.6 Å². The second-order valence-electron chi connectivity index (χ2n) is 3.95. The minimum atomic E-state index is -3.42. The molecule has 4 nitrogen and oxygen atoms in total. The van der Waals surface area contributed by atoms with Gasteiger partial charge in [0.15, 0.2) is 0 Å². The van der Waals surface area contributed by atoms with Gasteiger partial charge in [-0.3, -0.25) is 0 Å². The first-order valence-corrected chi connectivity index (χ1v) is 8.65. The molecule has 1 heterocycles. The van der Waals surface area contributed by atoms with Gasteiger partial charge in [0.25, 0.3) is 0 Å². The summed E-state index contributed by atoms with van der Waals surface area (Å²) >= 11 is 1.38. The quantitative estimate of drug-likeness (QED) is 0.474. The van der Waals surface area contributed by atoms with Crippen molar-refractivity contribution < 1.29 is 8.42 Å². The maximum atomic E-state index is 10.8. The smallest absolute Gasteiger partial charge is 0.233 e. The van der Waals surface area contributed by atoms with Gasteiger partial charge in [-0.15, -0.1) is 11.8 Å². The predicted molar refractivity (Wildman–Crippen MR) is 71.2 cm³/mol. The average Bonchev–Trinajstić information content (AvgIpc) is 2.14. The lowest BCUT2D eigenvalue weighted by Crippen LogP contribution is -2.03. The molecule has 0 unspecified atom stereocenters. The molecule has 96 valence electrons. The number of hydrogen-bond donors (Lipinski definition) is 0. The average molecular weight is 295 g/mol. The van der Waals surface area contributed by atoms with Crippen LogP contribution in [0.3, 0.4) is 0 Å². The van der Waals surface area contributed by atoms with Crippen LogP contribution in [-0.4, -0.2) is 29.9 Å². The Bertz CT molecular complexity index is 489. The summed E-state index contributed by atoms with van der Waals surface area (Å²) in [6.45, 7) is 5.94. The van der Waals surface area contributed by atoms with Gasteiger partial charge in [-0.25, -0.2) is 18.4 Å². The van der Waals surface area contributed by atoms with Crippen LogP contribution >= 0.6 is 22.4 Å². The van der Waals surface area contributed by atoms with Crippen molar-refractivity contribution in [2.45, 2.75) is 31.7 Å². The minimum absolute atomic E-state index is 0.0563. The summed E-state index contributed by atoms with van der Waals surface area (Å²) in [6.07, 6.45) is 0. The van der Waals surface area contributed by atoms with Crippen LogP contribution < -0.4 is 0 Å². The lowest BCUT2D eigenvalue weighted by atomic mass is 10.2. The number of hydrogen-bond acceptors (Lipinski definition) is 5. The van der Waals surface area contributed by atoms with Crippen LogP contribution in [-0.2, 0) is 9.05 Å². The van der Waals surface area contributed by atoms with Crippen LogP contribution in [0.25, 0.3) is 0 Å². The molecule has 1 aromatic heterocycles. The van der Waals surface area contributed by atoms with Gasteiger partial charge < -0.3 is 0 Å². The molecule has 0 bridgehead atoms. The number of nitrogens with zero attached hydrogens (tertiary/aromatic N) is 2. The first-order chi connectivity index (χ1) is 7.78. The molecule has 0 atom stereocenters. The van der Waals surface area contributed by atoms with Crippen LogP contribution in [0, 0.1) is 6.92 Å². The van der Waals surface area contributed by atoms with Crippen LogP contribution in [0.2, 0.25) is 0 Å². The molecular formula is C10H15ClN2O2S2. The molecule has 1 aromatic rings. The summed E-state index contributed by atoms with van der Waals surface area (Å²) in [5.74, 6) is 1.38. The topological polar surface area (TPSA) is 59.9 Å². The molecule has 1 rings (SSSR count). The molecule has 0 fully saturated rings. The van der Waals surface area contributed by atoms with Gasteiger partial charge in [0, 0.05) is 28.0 Å². The van der Waals surface area contributed by atoms with E-state index >= 15 is 0 Å². The third-order valence-corrected chi connectivity index (χ3v) is 4.27. The number of rotatable bonds is 5. The van der Waals surface area contributed by atoms with Gasteiger partial charge in [-0.2, -0.15) is 0 Å². The highest BCUT2D eigenvalue weighted by molar-refractivity contribution is 8.14. The van der Waals surface area contributed by atoms with E-state index in [0.29, 0.717) is 5.75 Å². The number of aromatic nitrogens is 2. The summed E-state index contributed by atoms with van der Waals surface area (Å²) in [7, 11) is 1.72. The van der Waals surface area contributed by atoms with E-state index in [9.17, 15) is 8.42 Å². The third-order valence-electron chi connectivity index (χ3n) is 1.94. The van der Waals surface area contributed by atoms with Crippen molar-refractivity contribution in [3.63, 3.8) is 0 Å². The maximum Gasteiger partial charge on any atom is 0.233 e. The zero-order valence-corrected chi connectivity index (χ0v) is 12.4. The van der Waals surface area contributed by atoms with Gasteiger partial charge in [0.2, 0.25) is 9.05 Å². The number of halogens is 1. The number of thioether (sulfide) groups is 1. The highest BCUT2D eigenvalue weighted by Gasteiger charge is 2.09. The molecule has 0 saturated carbocycles. The first kappa shape index (κ1) is 14.7. The molecule has 7 heteroatoms. The summed E-state index contributed by atoms with van der Waals surface area (Å²) in [5, 5.41) is 0.793. The molecule has 0 amide bonds. The van der Waals surface area contributed by atoms with E-state index in [0.717, 1.165) is 16.5 Å². The zero-order chi connectivity index (χ0) is 13.1. The normalized spacial score (nSPS) is 12.1. The van der Waals surface area contributed by atoms with Gasteiger partial charge in [0.1, 0.15) is 10.9 Å². The standard InChI is InChI=1S/C10H15ClN2O2S2/c1-7(2)10-12-8(3)6-9(13-10)16-4-5-17(11,14)15/h6-7H,4-5H2,1-3H3. The van der Waals surface area contributed by atoms with Crippen molar-refractivity contribution in [3.8, 4) is 0 Å². The van der Waals surface area contributed by atoms with E-state index in [-0.39, 0.29) is 11.7 Å². The third kappa shape index (κ3) is 5.70. The van der Waals surface area contributed by atoms with Crippen molar-refractivity contribution in [1.29, 1.82) is 0 Å². The SMILES string of the molecule is Cc1cc(SCCS(=O)(=O)Cl)nc(C(C)C)n1. The molecule has 0 aliphatic rings. The summed E-state index contributed by atoms with van der Waals surface area (Å²) in [5.41, 5.74) is 0.889. The molecule has 0 aromatic carbocycles. The Kier molecular flexibility index (Phi) is 5.22. The molecule has 0 saturated heterocycles. The van der Waals surface area contributed by atoms with E-state index in [1.807, 2.05) is 26.8 Å². The molecule has 17 heavy (non-hydrogen) atoms. The van der Waals surface area contributed by atoms with Gasteiger partial charge >= 0.3 is 0 Å². The molecule has 0 radical (unpaired) electrons. The molecule has 0 spiro atoms. The fourth-order valence-electron chi connectivity index (χ4n) is 1.14. The van der Waals surface area contributed by atoms with Crippen LogP contribution in [0.15, 0.2) is 11.1 Å². The second kappa shape index (κ2) is 6.02. The highest BCUT2D eigenvalue weighted by atomic mass is 35.7. The van der Waals surface area contributed by atoms with Crippen LogP contribution in [0.5, 0.6) is 0 Å². The maximum absolute atomic E-state index is 10.8. The van der Waals surface area contributed by atoms with Gasteiger partial charge in [-0.1, -0.05) is 13.8 Å². The van der Waals surface area contributed by atoms with Gasteiger partial charge in [0.05, 0.1) is 5.75 Å². The highest BCUT2D eigenvalue weighted by Crippen LogP contribution is 2.19. The first-order valence-electron chi connectivity index (χ1n) is 5.18. The molecule has 0 aliphatic carbocycles. The Morgan fingerprint density at radius 1 is 1.41 bits per heavy atom. The largest absolute Gasteiger partial charge is 0.238 e. The Morgan fingerprint density at radius 2 is 2.06 bits per heavy atom. The summed E-state index contributed by atoms with van der Waals surface area (Å²) < 4.78 is 21.6. The van der Waals surface area contributed by atoms with Crippen molar-refractivity contribution in [1.82, 2.24) is 9.97 Å². The molecule has 0 aliphatic heterocycles. The Hall–Kier alpha value is -0.330. The predicted octanol–water partition coefficient (Wildman–Crippen LogP) is 2.57. The zero-order valence-electron chi connectivity index (χ0n) is 9.97. The Labute approximate surface area is 111 Å².